The van der Waals surface area contributed by atoms with Crippen molar-refractivity contribution in [2.45, 2.75) is 57.9 Å². The Morgan fingerprint density at radius 1 is 1.27 bits per heavy atom. The fraction of sp³-hybridized carbons (Fsp3) is 0.917. The van der Waals surface area contributed by atoms with Gasteiger partial charge < -0.3 is 5.11 Å². The van der Waals surface area contributed by atoms with Gasteiger partial charge in [0.2, 0.25) is 0 Å². The van der Waals surface area contributed by atoms with Gasteiger partial charge in [-0.05, 0) is 45.2 Å². The summed E-state index contributed by atoms with van der Waals surface area (Å²) in [6, 6.07) is 0. The van der Waals surface area contributed by atoms with Crippen molar-refractivity contribution >= 4 is 5.97 Å². The third-order valence-corrected chi connectivity index (χ3v) is 3.42. The molecule has 0 saturated heterocycles. The predicted octanol–water partition coefficient (Wildman–Crippen LogP) is 2.51. The highest BCUT2D eigenvalue weighted by Gasteiger charge is 2.43. The van der Waals surface area contributed by atoms with Crippen molar-refractivity contribution in [2.75, 3.05) is 13.1 Å². The molecule has 0 radical (unpaired) electrons. The first-order chi connectivity index (χ1) is 7.14. The van der Waals surface area contributed by atoms with Crippen molar-refractivity contribution in [3.05, 3.63) is 0 Å². The van der Waals surface area contributed by atoms with Crippen LogP contribution in [0, 0.1) is 0 Å². The highest BCUT2D eigenvalue weighted by Crippen LogP contribution is 2.40. The smallest absolute Gasteiger partial charge is 0.305 e. The van der Waals surface area contributed by atoms with E-state index < -0.39 is 5.97 Å². The van der Waals surface area contributed by atoms with Crippen LogP contribution >= 0.6 is 0 Å². The standard InChI is InChI=1S/C12H23NO2/c1-3-8-13(9-4-2)12(6-5-7-12)10-11(14)15/h3-10H2,1-2H3,(H,14,15). The Kier molecular flexibility index (Phi) is 4.58. The van der Waals surface area contributed by atoms with Crippen molar-refractivity contribution in [1.82, 2.24) is 4.90 Å². The lowest BCUT2D eigenvalue weighted by atomic mass is 9.72. The van der Waals surface area contributed by atoms with Gasteiger partial charge in [0.25, 0.3) is 0 Å². The minimum atomic E-state index is -0.646. The third kappa shape index (κ3) is 2.94. The molecule has 0 unspecified atom stereocenters. The van der Waals surface area contributed by atoms with Crippen molar-refractivity contribution < 1.29 is 9.90 Å². The molecule has 15 heavy (non-hydrogen) atoms. The summed E-state index contributed by atoms with van der Waals surface area (Å²) in [6.45, 7) is 6.41. The molecule has 1 aliphatic carbocycles. The summed E-state index contributed by atoms with van der Waals surface area (Å²) in [5, 5.41) is 8.97. The Morgan fingerprint density at radius 2 is 1.80 bits per heavy atom. The van der Waals surface area contributed by atoms with Gasteiger partial charge in [-0.3, -0.25) is 9.69 Å². The van der Waals surface area contributed by atoms with Crippen molar-refractivity contribution in [1.29, 1.82) is 0 Å². The molecule has 0 spiro atoms. The Balaban J connectivity index is 2.62. The van der Waals surface area contributed by atoms with Gasteiger partial charge in [0.05, 0.1) is 6.42 Å². The van der Waals surface area contributed by atoms with E-state index in [0.717, 1.165) is 38.8 Å². The second kappa shape index (κ2) is 5.50. The Bertz CT molecular complexity index is 206. The molecule has 0 atom stereocenters. The van der Waals surface area contributed by atoms with E-state index in [1.165, 1.54) is 6.42 Å². The van der Waals surface area contributed by atoms with E-state index in [4.69, 9.17) is 5.11 Å². The number of hydrogen-bond acceptors (Lipinski definition) is 2. The average Bonchev–Trinajstić information content (AvgIpc) is 2.11. The van der Waals surface area contributed by atoms with Crippen LogP contribution in [0.4, 0.5) is 0 Å². The predicted molar refractivity (Wildman–Crippen MR) is 61.0 cm³/mol. The van der Waals surface area contributed by atoms with Crippen LogP contribution in [0.2, 0.25) is 0 Å². The lowest BCUT2D eigenvalue weighted by molar-refractivity contribution is -0.142. The monoisotopic (exact) mass is 213 g/mol. The van der Waals surface area contributed by atoms with E-state index in [-0.39, 0.29) is 5.54 Å². The first kappa shape index (κ1) is 12.5. The summed E-state index contributed by atoms with van der Waals surface area (Å²) in [5.41, 5.74) is -0.00213. The SMILES string of the molecule is CCCN(CCC)C1(CC(=O)O)CCC1. The second-order valence-corrected chi connectivity index (χ2v) is 4.64. The lowest BCUT2D eigenvalue weighted by Gasteiger charge is -2.50. The van der Waals surface area contributed by atoms with Crippen LogP contribution in [0.15, 0.2) is 0 Å². The Morgan fingerprint density at radius 3 is 2.07 bits per heavy atom. The molecule has 0 heterocycles. The summed E-state index contributed by atoms with van der Waals surface area (Å²) in [6.07, 6.45) is 5.88. The fourth-order valence-electron chi connectivity index (χ4n) is 2.60. The van der Waals surface area contributed by atoms with Gasteiger partial charge in [-0.1, -0.05) is 13.8 Å². The minimum absolute atomic E-state index is 0.00213. The molecule has 3 nitrogen and oxygen atoms in total. The van der Waals surface area contributed by atoms with Gasteiger partial charge in [0.15, 0.2) is 0 Å². The first-order valence-corrected chi connectivity index (χ1v) is 6.11. The molecule has 1 N–H and O–H groups in total. The van der Waals surface area contributed by atoms with Crippen molar-refractivity contribution in [2.24, 2.45) is 0 Å². The van der Waals surface area contributed by atoms with Crippen LogP contribution in [0.3, 0.4) is 0 Å². The third-order valence-electron chi connectivity index (χ3n) is 3.42. The van der Waals surface area contributed by atoms with Gasteiger partial charge >= 0.3 is 5.97 Å². The molecule has 1 aliphatic rings. The van der Waals surface area contributed by atoms with Gasteiger partial charge in [-0.2, -0.15) is 0 Å². The molecule has 0 aromatic carbocycles. The van der Waals surface area contributed by atoms with Crippen molar-refractivity contribution in [3.63, 3.8) is 0 Å². The van der Waals surface area contributed by atoms with E-state index in [9.17, 15) is 4.79 Å². The highest BCUT2D eigenvalue weighted by molar-refractivity contribution is 5.68. The van der Waals surface area contributed by atoms with Crippen LogP contribution in [0.25, 0.3) is 0 Å². The van der Waals surface area contributed by atoms with E-state index in [2.05, 4.69) is 18.7 Å². The summed E-state index contributed by atoms with van der Waals surface area (Å²) >= 11 is 0. The number of aliphatic carboxylic acids is 1. The first-order valence-electron chi connectivity index (χ1n) is 6.11. The molecule has 88 valence electrons. The van der Waals surface area contributed by atoms with Crippen LogP contribution in [0.1, 0.15) is 52.4 Å². The number of carboxylic acid groups (broad SMARTS) is 1. The number of nitrogens with zero attached hydrogens (tertiary/aromatic N) is 1. The molecule has 0 aliphatic heterocycles. The normalized spacial score (nSPS) is 18.9. The molecule has 0 amide bonds. The topological polar surface area (TPSA) is 40.5 Å². The highest BCUT2D eigenvalue weighted by atomic mass is 16.4. The molecule has 0 aromatic heterocycles. The maximum absolute atomic E-state index is 10.9. The zero-order valence-corrected chi connectivity index (χ0v) is 9.96. The summed E-state index contributed by atoms with van der Waals surface area (Å²) in [5.74, 6) is -0.646. The molecule has 0 bridgehead atoms. The van der Waals surface area contributed by atoms with Crippen LogP contribution in [-0.4, -0.2) is 34.6 Å². The van der Waals surface area contributed by atoms with E-state index in [1.807, 2.05) is 0 Å². The largest absolute Gasteiger partial charge is 0.481 e. The molecule has 1 saturated carbocycles. The van der Waals surface area contributed by atoms with Gasteiger partial charge in [0, 0.05) is 5.54 Å². The summed E-state index contributed by atoms with van der Waals surface area (Å²) in [7, 11) is 0. The van der Waals surface area contributed by atoms with Gasteiger partial charge in [0.1, 0.15) is 0 Å². The average molecular weight is 213 g/mol. The van der Waals surface area contributed by atoms with Gasteiger partial charge in [-0.25, -0.2) is 0 Å². The summed E-state index contributed by atoms with van der Waals surface area (Å²) in [4.78, 5) is 13.3. The quantitative estimate of drug-likeness (QED) is 0.706. The molecule has 1 fully saturated rings. The van der Waals surface area contributed by atoms with E-state index in [1.54, 1.807) is 0 Å². The van der Waals surface area contributed by atoms with Gasteiger partial charge in [-0.15, -0.1) is 0 Å². The Labute approximate surface area is 92.5 Å². The van der Waals surface area contributed by atoms with E-state index >= 15 is 0 Å². The lowest BCUT2D eigenvalue weighted by Crippen LogP contribution is -2.55. The maximum atomic E-state index is 10.9. The number of carboxylic acids is 1. The maximum Gasteiger partial charge on any atom is 0.305 e. The minimum Gasteiger partial charge on any atom is -0.481 e. The van der Waals surface area contributed by atoms with Crippen LogP contribution < -0.4 is 0 Å². The molecule has 1 rings (SSSR count). The van der Waals surface area contributed by atoms with Crippen LogP contribution in [0.5, 0.6) is 0 Å². The molecular formula is C12H23NO2. The van der Waals surface area contributed by atoms with E-state index in [0.29, 0.717) is 6.42 Å². The zero-order chi connectivity index (χ0) is 11.3. The number of rotatable bonds is 7. The molecule has 3 heteroatoms. The Hall–Kier alpha value is -0.570. The second-order valence-electron chi connectivity index (χ2n) is 4.64. The molecular weight excluding hydrogens is 190 g/mol. The van der Waals surface area contributed by atoms with Crippen LogP contribution in [-0.2, 0) is 4.79 Å². The van der Waals surface area contributed by atoms with Crippen molar-refractivity contribution in [3.8, 4) is 0 Å². The number of carbonyl (C=O) groups is 1. The summed E-state index contributed by atoms with van der Waals surface area (Å²) < 4.78 is 0. The zero-order valence-electron chi connectivity index (χ0n) is 9.96. The molecule has 0 aromatic rings. The fourth-order valence-corrected chi connectivity index (χ4v) is 2.60. The number of hydrogen-bond donors (Lipinski definition) is 1.